The van der Waals surface area contributed by atoms with Crippen molar-refractivity contribution >= 4 is 17.6 Å². The van der Waals surface area contributed by atoms with Gasteiger partial charge < -0.3 is 15.4 Å². The summed E-state index contributed by atoms with van der Waals surface area (Å²) in [6.45, 7) is 4.31. The third-order valence-electron chi connectivity index (χ3n) is 2.83. The normalized spacial score (nSPS) is 10.4. The van der Waals surface area contributed by atoms with E-state index < -0.39 is 0 Å². The Bertz CT molecular complexity index is 563. The average molecular weight is 273 g/mol. The average Bonchev–Trinajstić information content (AvgIpc) is 2.47. The van der Waals surface area contributed by atoms with Crippen LogP contribution in [0.4, 0.5) is 17.6 Å². The number of hydrogen-bond donors (Lipinski definition) is 2. The highest BCUT2D eigenvalue weighted by Crippen LogP contribution is 2.21. The fourth-order valence-electron chi connectivity index (χ4n) is 1.72. The molecule has 0 aliphatic rings. The first-order chi connectivity index (χ1) is 9.62. The first-order valence-corrected chi connectivity index (χ1v) is 6.47. The molecule has 2 rings (SSSR count). The zero-order valence-corrected chi connectivity index (χ0v) is 12.1. The molecule has 0 fully saturated rings. The quantitative estimate of drug-likeness (QED) is 0.872. The molecule has 6 nitrogen and oxygen atoms in total. The van der Waals surface area contributed by atoms with Gasteiger partial charge in [-0.25, -0.2) is 0 Å². The molecule has 6 heteroatoms. The van der Waals surface area contributed by atoms with Gasteiger partial charge >= 0.3 is 6.01 Å². The van der Waals surface area contributed by atoms with Gasteiger partial charge in [-0.15, -0.1) is 0 Å². The molecule has 2 N–H and O–H groups in total. The molecule has 0 bridgehead atoms. The first-order valence-electron chi connectivity index (χ1n) is 6.47. The lowest BCUT2D eigenvalue weighted by Gasteiger charge is -2.10. The van der Waals surface area contributed by atoms with Crippen molar-refractivity contribution in [2.45, 2.75) is 19.8 Å². The van der Waals surface area contributed by atoms with Crippen molar-refractivity contribution in [3.63, 3.8) is 0 Å². The van der Waals surface area contributed by atoms with Gasteiger partial charge in [0, 0.05) is 12.7 Å². The van der Waals surface area contributed by atoms with Gasteiger partial charge in [0.1, 0.15) is 0 Å². The van der Waals surface area contributed by atoms with Gasteiger partial charge in [-0.1, -0.05) is 26.0 Å². The van der Waals surface area contributed by atoms with E-state index in [2.05, 4.69) is 51.6 Å². The van der Waals surface area contributed by atoms with Crippen LogP contribution >= 0.6 is 0 Å². The van der Waals surface area contributed by atoms with E-state index in [1.165, 1.54) is 12.7 Å². The largest absolute Gasteiger partial charge is 0.467 e. The number of anilines is 3. The minimum Gasteiger partial charge on any atom is -0.467 e. The van der Waals surface area contributed by atoms with E-state index in [9.17, 15) is 0 Å². The summed E-state index contributed by atoms with van der Waals surface area (Å²) in [5.74, 6) is 1.37. The SMILES string of the molecule is CNc1nc(Nc2cccc(C(C)C)c2)nc(OC)n1. The van der Waals surface area contributed by atoms with Crippen LogP contribution in [0.5, 0.6) is 6.01 Å². The number of nitrogens with zero attached hydrogens (tertiary/aromatic N) is 3. The van der Waals surface area contributed by atoms with Crippen LogP contribution in [0.15, 0.2) is 24.3 Å². The van der Waals surface area contributed by atoms with Crippen molar-refractivity contribution in [3.8, 4) is 6.01 Å². The number of methoxy groups -OCH3 is 1. The molecular weight excluding hydrogens is 254 g/mol. The van der Waals surface area contributed by atoms with E-state index in [1.54, 1.807) is 7.05 Å². The van der Waals surface area contributed by atoms with Crippen LogP contribution in [0.3, 0.4) is 0 Å². The number of nitrogens with one attached hydrogen (secondary N) is 2. The maximum atomic E-state index is 5.05. The minimum absolute atomic E-state index is 0.270. The van der Waals surface area contributed by atoms with Gasteiger partial charge in [-0.3, -0.25) is 0 Å². The van der Waals surface area contributed by atoms with Crippen LogP contribution in [0.25, 0.3) is 0 Å². The fourth-order valence-corrected chi connectivity index (χ4v) is 1.72. The zero-order valence-electron chi connectivity index (χ0n) is 12.1. The molecule has 0 aliphatic heterocycles. The second-order valence-electron chi connectivity index (χ2n) is 4.62. The topological polar surface area (TPSA) is 72.0 Å². The monoisotopic (exact) mass is 273 g/mol. The van der Waals surface area contributed by atoms with Crippen molar-refractivity contribution in [1.82, 2.24) is 15.0 Å². The second-order valence-corrected chi connectivity index (χ2v) is 4.62. The van der Waals surface area contributed by atoms with Crippen molar-refractivity contribution in [2.75, 3.05) is 24.8 Å². The maximum absolute atomic E-state index is 5.05. The van der Waals surface area contributed by atoms with Crippen LogP contribution in [0.1, 0.15) is 25.3 Å². The van der Waals surface area contributed by atoms with Crippen LogP contribution in [-0.4, -0.2) is 29.1 Å². The summed E-state index contributed by atoms with van der Waals surface area (Å²) in [5, 5.41) is 6.04. The fraction of sp³-hybridized carbons (Fsp3) is 0.357. The number of rotatable bonds is 5. The van der Waals surface area contributed by atoms with Crippen LogP contribution in [-0.2, 0) is 0 Å². The van der Waals surface area contributed by atoms with Gasteiger partial charge in [-0.05, 0) is 23.6 Å². The minimum atomic E-state index is 0.270. The molecule has 0 atom stereocenters. The molecule has 106 valence electrons. The summed E-state index contributed by atoms with van der Waals surface area (Å²) < 4.78 is 5.05. The van der Waals surface area contributed by atoms with Crippen molar-refractivity contribution in [1.29, 1.82) is 0 Å². The van der Waals surface area contributed by atoms with Crippen LogP contribution < -0.4 is 15.4 Å². The van der Waals surface area contributed by atoms with Crippen molar-refractivity contribution in [3.05, 3.63) is 29.8 Å². The van der Waals surface area contributed by atoms with Crippen LogP contribution in [0, 0.1) is 0 Å². The summed E-state index contributed by atoms with van der Waals surface area (Å²) >= 11 is 0. The third kappa shape index (κ3) is 3.34. The van der Waals surface area contributed by atoms with Crippen molar-refractivity contribution in [2.24, 2.45) is 0 Å². The van der Waals surface area contributed by atoms with E-state index in [1.807, 2.05) is 12.1 Å². The second kappa shape index (κ2) is 6.18. The summed E-state index contributed by atoms with van der Waals surface area (Å²) in [6.07, 6.45) is 0. The maximum Gasteiger partial charge on any atom is 0.322 e. The molecule has 20 heavy (non-hydrogen) atoms. The highest BCUT2D eigenvalue weighted by atomic mass is 16.5. The highest BCUT2D eigenvalue weighted by Gasteiger charge is 2.07. The predicted molar refractivity (Wildman–Crippen MR) is 79.7 cm³/mol. The number of ether oxygens (including phenoxy) is 1. The van der Waals surface area contributed by atoms with E-state index in [-0.39, 0.29) is 6.01 Å². The molecule has 1 aromatic carbocycles. The van der Waals surface area contributed by atoms with Crippen molar-refractivity contribution < 1.29 is 4.74 Å². The summed E-state index contributed by atoms with van der Waals surface area (Å²) in [5.41, 5.74) is 2.19. The highest BCUT2D eigenvalue weighted by molar-refractivity contribution is 5.55. The van der Waals surface area contributed by atoms with Crippen LogP contribution in [0.2, 0.25) is 0 Å². The molecule has 0 unspecified atom stereocenters. The van der Waals surface area contributed by atoms with E-state index in [0.717, 1.165) is 5.69 Å². The lowest BCUT2D eigenvalue weighted by atomic mass is 10.0. The molecule has 1 heterocycles. The number of hydrogen-bond acceptors (Lipinski definition) is 6. The number of aromatic nitrogens is 3. The molecule has 0 amide bonds. The van der Waals surface area contributed by atoms with Gasteiger partial charge in [0.2, 0.25) is 11.9 Å². The van der Waals surface area contributed by atoms with Gasteiger partial charge in [0.05, 0.1) is 7.11 Å². The lowest BCUT2D eigenvalue weighted by molar-refractivity contribution is 0.379. The molecule has 0 aliphatic carbocycles. The number of benzene rings is 1. The Morgan fingerprint density at radius 2 is 1.85 bits per heavy atom. The Morgan fingerprint density at radius 3 is 2.50 bits per heavy atom. The van der Waals surface area contributed by atoms with E-state index >= 15 is 0 Å². The van der Waals surface area contributed by atoms with Gasteiger partial charge in [-0.2, -0.15) is 15.0 Å². The molecule has 0 saturated heterocycles. The third-order valence-corrected chi connectivity index (χ3v) is 2.83. The Kier molecular flexibility index (Phi) is 4.34. The summed E-state index contributed by atoms with van der Waals surface area (Å²) in [4.78, 5) is 12.5. The summed E-state index contributed by atoms with van der Waals surface area (Å²) in [6, 6.07) is 8.44. The Hall–Kier alpha value is -2.37. The van der Waals surface area contributed by atoms with Gasteiger partial charge in [0.15, 0.2) is 0 Å². The molecule has 0 radical (unpaired) electrons. The van der Waals surface area contributed by atoms with Gasteiger partial charge in [0.25, 0.3) is 0 Å². The molecule has 1 aromatic heterocycles. The molecule has 0 spiro atoms. The molecule has 0 saturated carbocycles. The van der Waals surface area contributed by atoms with E-state index in [4.69, 9.17) is 4.74 Å². The molecule has 2 aromatic rings. The Labute approximate surface area is 118 Å². The predicted octanol–water partition coefficient (Wildman–Crippen LogP) is 2.79. The molecular formula is C14H19N5O. The Balaban J connectivity index is 2.27. The standard InChI is InChI=1S/C14H19N5O/c1-9(2)10-6-5-7-11(8-10)16-13-17-12(15-3)18-14(19-13)20-4/h5-9H,1-4H3,(H2,15,16,17,18,19). The summed E-state index contributed by atoms with van der Waals surface area (Å²) in [7, 11) is 3.27. The lowest BCUT2D eigenvalue weighted by Crippen LogP contribution is -2.05. The zero-order chi connectivity index (χ0) is 14.5. The first kappa shape index (κ1) is 14.0. The smallest absolute Gasteiger partial charge is 0.322 e. The van der Waals surface area contributed by atoms with E-state index in [0.29, 0.717) is 17.8 Å². The Morgan fingerprint density at radius 1 is 1.10 bits per heavy atom.